The fraction of sp³-hybridized carbons (Fsp3) is 0.0625. The van der Waals surface area contributed by atoms with Crippen LogP contribution in [0.4, 0.5) is 0 Å². The number of fused-ring (bicyclic) bond motifs is 1. The number of aryl methyl sites for hydroxylation is 1. The van der Waals surface area contributed by atoms with Gasteiger partial charge < -0.3 is 0 Å². The summed E-state index contributed by atoms with van der Waals surface area (Å²) in [5.41, 5.74) is 1.25. The summed E-state index contributed by atoms with van der Waals surface area (Å²) in [7, 11) is -3.56. The van der Waals surface area contributed by atoms with Crippen LogP contribution in [0.2, 0.25) is 0 Å². The third kappa shape index (κ3) is 2.76. The van der Waals surface area contributed by atoms with Crippen molar-refractivity contribution in [2.24, 2.45) is 0 Å². The first kappa shape index (κ1) is 15.8. The summed E-state index contributed by atoms with van der Waals surface area (Å²) >= 11 is 0. The minimum atomic E-state index is -3.56. The van der Waals surface area contributed by atoms with E-state index in [1.807, 2.05) is 18.2 Å². The van der Waals surface area contributed by atoms with Crippen LogP contribution in [0.1, 0.15) is 5.56 Å². The van der Waals surface area contributed by atoms with Gasteiger partial charge in [0.15, 0.2) is 0 Å². The number of nitrogens with zero attached hydrogens (tertiary/aromatic N) is 1. The zero-order valence-electron chi connectivity index (χ0n) is 11.7. The Bertz CT molecular complexity index is 886. The van der Waals surface area contributed by atoms with Crippen LogP contribution in [0.3, 0.4) is 0 Å². The van der Waals surface area contributed by atoms with Crippen LogP contribution in [0, 0.1) is 6.92 Å². The molecule has 0 amide bonds. The molecule has 0 fully saturated rings. The molecule has 3 rings (SSSR count). The van der Waals surface area contributed by atoms with Crippen molar-refractivity contribution in [2.75, 3.05) is 0 Å². The van der Waals surface area contributed by atoms with E-state index in [1.165, 1.54) is 0 Å². The molecule has 0 unspecified atom stereocenters. The maximum atomic E-state index is 12.8. The minimum absolute atomic E-state index is 0. The molecule has 2 aromatic carbocycles. The Kier molecular flexibility index (Phi) is 4.55. The zero-order valence-corrected chi connectivity index (χ0v) is 15.4. The fourth-order valence-electron chi connectivity index (χ4n) is 2.27. The molecule has 0 N–H and O–H groups in total. The first-order valence-electron chi connectivity index (χ1n) is 6.25. The Morgan fingerprint density at radius 2 is 1.52 bits per heavy atom. The van der Waals surface area contributed by atoms with Gasteiger partial charge in [-0.2, -0.15) is 0 Å². The number of sulfone groups is 1. The van der Waals surface area contributed by atoms with Crippen LogP contribution < -0.4 is 0 Å². The molecule has 0 radical (unpaired) electrons. The molecule has 0 aliphatic heterocycles. The van der Waals surface area contributed by atoms with Gasteiger partial charge in [0.05, 0.1) is 15.3 Å². The van der Waals surface area contributed by atoms with Crippen LogP contribution in [0.5, 0.6) is 0 Å². The normalized spacial score (nSPS) is 11.1. The predicted octanol–water partition coefficient (Wildman–Crippen LogP) is 3.37. The Hall–Kier alpha value is -1.58. The Morgan fingerprint density at radius 3 is 2.29 bits per heavy atom. The fourth-order valence-corrected chi connectivity index (χ4v) is 3.94. The molecule has 3 aromatic rings. The van der Waals surface area contributed by atoms with Gasteiger partial charge in [-0.25, -0.2) is 8.42 Å². The summed E-state index contributed by atoms with van der Waals surface area (Å²) in [4.78, 5) is 4.81. The van der Waals surface area contributed by atoms with Gasteiger partial charge in [0, 0.05) is 11.6 Å². The first-order valence-corrected chi connectivity index (χ1v) is 7.73. The van der Waals surface area contributed by atoms with Crippen LogP contribution in [-0.4, -0.2) is 13.4 Å². The molecule has 0 atom stereocenters. The molecule has 0 aliphatic rings. The second-order valence-electron chi connectivity index (χ2n) is 4.60. The van der Waals surface area contributed by atoms with Crippen molar-refractivity contribution in [1.82, 2.24) is 4.98 Å². The van der Waals surface area contributed by atoms with Gasteiger partial charge >= 0.3 is 19.5 Å². The topological polar surface area (TPSA) is 47.0 Å². The van der Waals surface area contributed by atoms with Crippen molar-refractivity contribution in [3.05, 3.63) is 66.4 Å². The van der Waals surface area contributed by atoms with Crippen LogP contribution >= 0.6 is 0 Å². The van der Waals surface area contributed by atoms with Crippen LogP contribution in [0.15, 0.2) is 70.6 Å². The van der Waals surface area contributed by atoms with Crippen molar-refractivity contribution in [3.63, 3.8) is 0 Å². The molecule has 5 heteroatoms. The van der Waals surface area contributed by atoms with Gasteiger partial charge in [-0.05, 0) is 30.7 Å². The van der Waals surface area contributed by atoms with Crippen molar-refractivity contribution in [3.8, 4) is 0 Å². The van der Waals surface area contributed by atoms with Gasteiger partial charge in [0.2, 0.25) is 9.84 Å². The smallest absolute Gasteiger partial charge is 0.255 e. The molecule has 1 aromatic heterocycles. The van der Waals surface area contributed by atoms with E-state index in [0.717, 1.165) is 10.9 Å². The molecule has 1 heterocycles. The van der Waals surface area contributed by atoms with E-state index in [-0.39, 0.29) is 24.4 Å². The number of rotatable bonds is 2. The number of pyridine rings is 1. The summed E-state index contributed by atoms with van der Waals surface area (Å²) in [6.07, 6.45) is 1.61. The van der Waals surface area contributed by atoms with Gasteiger partial charge in [0.1, 0.15) is 0 Å². The standard InChI is InChI=1S/C16H13NO2S.Zn/c1-12-6-2-3-9-14(12)20(18,19)15-10-4-7-13-8-5-11-17-16(13)15;/h2-11H,1H3;/q;+2. The third-order valence-electron chi connectivity index (χ3n) is 3.27. The minimum Gasteiger partial charge on any atom is -0.255 e. The van der Waals surface area contributed by atoms with E-state index in [0.29, 0.717) is 10.4 Å². The molecular formula is C16H13NO2SZn+2. The second-order valence-corrected chi connectivity index (χ2v) is 6.49. The van der Waals surface area contributed by atoms with Gasteiger partial charge in [0.25, 0.3) is 0 Å². The number of hydrogen-bond donors (Lipinski definition) is 0. The number of benzene rings is 2. The number of hydrogen-bond acceptors (Lipinski definition) is 3. The maximum Gasteiger partial charge on any atom is 2.00 e. The van der Waals surface area contributed by atoms with Crippen molar-refractivity contribution < 1.29 is 27.9 Å². The molecule has 100 valence electrons. The summed E-state index contributed by atoms with van der Waals surface area (Å²) in [5.74, 6) is 0. The van der Waals surface area contributed by atoms with E-state index in [1.54, 1.807) is 49.5 Å². The zero-order chi connectivity index (χ0) is 14.2. The number of para-hydroxylation sites is 1. The summed E-state index contributed by atoms with van der Waals surface area (Å²) in [6, 6.07) is 15.9. The predicted molar refractivity (Wildman–Crippen MR) is 78.4 cm³/mol. The molecule has 0 bridgehead atoms. The van der Waals surface area contributed by atoms with Gasteiger partial charge in [-0.1, -0.05) is 36.4 Å². The molecule has 21 heavy (non-hydrogen) atoms. The molecule has 0 saturated carbocycles. The average molecular weight is 349 g/mol. The molecule has 3 nitrogen and oxygen atoms in total. The molecule has 0 saturated heterocycles. The van der Waals surface area contributed by atoms with E-state index >= 15 is 0 Å². The van der Waals surface area contributed by atoms with Crippen molar-refractivity contribution in [2.45, 2.75) is 16.7 Å². The Labute approximate surface area is 136 Å². The van der Waals surface area contributed by atoms with Gasteiger partial charge in [-0.15, -0.1) is 0 Å². The molecule has 0 aliphatic carbocycles. The van der Waals surface area contributed by atoms with E-state index in [2.05, 4.69) is 4.98 Å². The summed E-state index contributed by atoms with van der Waals surface area (Å²) in [6.45, 7) is 1.80. The number of aromatic nitrogens is 1. The maximum absolute atomic E-state index is 12.8. The van der Waals surface area contributed by atoms with Crippen molar-refractivity contribution in [1.29, 1.82) is 0 Å². The Balaban J connectivity index is 0.00000161. The monoisotopic (exact) mass is 347 g/mol. The summed E-state index contributed by atoms with van der Waals surface area (Å²) in [5, 5.41) is 0.821. The molecule has 0 spiro atoms. The largest absolute Gasteiger partial charge is 2.00 e. The summed E-state index contributed by atoms with van der Waals surface area (Å²) < 4.78 is 25.7. The van der Waals surface area contributed by atoms with E-state index in [9.17, 15) is 8.42 Å². The van der Waals surface area contributed by atoms with Crippen LogP contribution in [0.25, 0.3) is 10.9 Å². The van der Waals surface area contributed by atoms with Crippen molar-refractivity contribution >= 4 is 20.7 Å². The van der Waals surface area contributed by atoms with E-state index < -0.39 is 9.84 Å². The van der Waals surface area contributed by atoms with E-state index in [4.69, 9.17) is 0 Å². The van der Waals surface area contributed by atoms with Crippen LogP contribution in [-0.2, 0) is 29.3 Å². The SMILES string of the molecule is Cc1ccccc1S(=O)(=O)c1cccc2cccnc12.[Zn+2]. The Morgan fingerprint density at radius 1 is 0.857 bits per heavy atom. The third-order valence-corrected chi connectivity index (χ3v) is 5.21. The van der Waals surface area contributed by atoms with Gasteiger partial charge in [-0.3, -0.25) is 4.98 Å². The quantitative estimate of drug-likeness (QED) is 0.667. The first-order chi connectivity index (χ1) is 9.60. The average Bonchev–Trinajstić information content (AvgIpc) is 2.47. The second kappa shape index (κ2) is 6.04. The molecular weight excluding hydrogens is 336 g/mol.